The molecular weight excluding hydrogens is 392 g/mol. The highest BCUT2D eigenvalue weighted by molar-refractivity contribution is 6.99. The van der Waals surface area contributed by atoms with Gasteiger partial charge in [-0.15, -0.1) is 0 Å². The van der Waals surface area contributed by atoms with E-state index in [1.54, 1.807) is 0 Å². The molecule has 1 heterocycles. The van der Waals surface area contributed by atoms with Gasteiger partial charge >= 0.3 is 0 Å². The molecule has 162 valence electrons. The van der Waals surface area contributed by atoms with Gasteiger partial charge in [0.05, 0.1) is 6.10 Å². The molecule has 1 aliphatic rings. The van der Waals surface area contributed by atoms with Crippen molar-refractivity contribution in [2.45, 2.75) is 70.5 Å². The fourth-order valence-corrected chi connectivity index (χ4v) is 9.09. The molecule has 0 spiro atoms. The van der Waals surface area contributed by atoms with E-state index in [0.29, 0.717) is 13.0 Å². The first kappa shape index (κ1) is 22.9. The minimum atomic E-state index is -2.55. The van der Waals surface area contributed by atoms with E-state index in [1.807, 2.05) is 26.0 Å². The first-order valence-corrected chi connectivity index (χ1v) is 12.6. The SMILES string of the molecule is CC1(C)O[C@@H](CCO[Si](c2ccccc2)(c2ccccc2)C(C)(C)C)C[C@H](C=O)O1. The Kier molecular flexibility index (Phi) is 6.97. The molecule has 0 radical (unpaired) electrons. The van der Waals surface area contributed by atoms with Crippen LogP contribution >= 0.6 is 0 Å². The smallest absolute Gasteiger partial charge is 0.261 e. The van der Waals surface area contributed by atoms with Gasteiger partial charge in [-0.05, 0) is 35.7 Å². The summed E-state index contributed by atoms with van der Waals surface area (Å²) in [6, 6.07) is 21.2. The highest BCUT2D eigenvalue weighted by Gasteiger charge is 2.50. The van der Waals surface area contributed by atoms with Gasteiger partial charge in [-0.1, -0.05) is 81.4 Å². The Hall–Kier alpha value is -1.79. The van der Waals surface area contributed by atoms with Gasteiger partial charge in [-0.2, -0.15) is 0 Å². The summed E-state index contributed by atoms with van der Waals surface area (Å²) in [6.07, 6.45) is 1.67. The summed E-state index contributed by atoms with van der Waals surface area (Å²) in [5.41, 5.74) is 0. The Balaban J connectivity index is 1.88. The van der Waals surface area contributed by atoms with E-state index in [2.05, 4.69) is 69.3 Å². The topological polar surface area (TPSA) is 44.8 Å². The number of carbonyl (C=O) groups is 1. The molecule has 5 heteroatoms. The first-order valence-electron chi connectivity index (χ1n) is 10.7. The molecule has 0 aromatic heterocycles. The van der Waals surface area contributed by atoms with E-state index in [-0.39, 0.29) is 11.1 Å². The standard InChI is InChI=1S/C25H34O4Si/c1-24(2,3)30(22-12-8-6-9-13-22,23-14-10-7-11-15-23)27-17-16-20-18-21(19-26)29-25(4,5)28-20/h6-15,19-21H,16-18H2,1-5H3/t20-,21+/m0/s1. The van der Waals surface area contributed by atoms with Gasteiger partial charge in [0.1, 0.15) is 12.4 Å². The quantitative estimate of drug-likeness (QED) is 0.495. The van der Waals surface area contributed by atoms with Crippen molar-refractivity contribution in [2.24, 2.45) is 0 Å². The maximum absolute atomic E-state index is 11.3. The van der Waals surface area contributed by atoms with Crippen LogP contribution in [0.15, 0.2) is 60.7 Å². The second kappa shape index (κ2) is 9.14. The van der Waals surface area contributed by atoms with Gasteiger partial charge in [0, 0.05) is 13.0 Å². The molecule has 0 amide bonds. The number of ether oxygens (including phenoxy) is 2. The molecule has 0 saturated carbocycles. The third kappa shape index (κ3) is 4.91. The van der Waals surface area contributed by atoms with Gasteiger partial charge in [0.15, 0.2) is 5.79 Å². The number of rotatable bonds is 7. The van der Waals surface area contributed by atoms with Crippen LogP contribution in [0.25, 0.3) is 0 Å². The van der Waals surface area contributed by atoms with Crippen molar-refractivity contribution in [3.05, 3.63) is 60.7 Å². The van der Waals surface area contributed by atoms with E-state index < -0.39 is 20.2 Å². The third-order valence-corrected chi connectivity index (χ3v) is 10.8. The maximum atomic E-state index is 11.3. The molecule has 1 fully saturated rings. The highest BCUT2D eigenvalue weighted by atomic mass is 28.4. The van der Waals surface area contributed by atoms with Crippen LogP contribution in [0.2, 0.25) is 5.04 Å². The fraction of sp³-hybridized carbons (Fsp3) is 0.480. The summed E-state index contributed by atoms with van der Waals surface area (Å²) >= 11 is 0. The second-order valence-electron chi connectivity index (χ2n) is 9.47. The fourth-order valence-electron chi connectivity index (χ4n) is 4.51. The molecule has 0 aliphatic carbocycles. The molecule has 0 bridgehead atoms. The average Bonchev–Trinajstić information content (AvgIpc) is 2.70. The zero-order valence-electron chi connectivity index (χ0n) is 18.8. The van der Waals surface area contributed by atoms with E-state index in [4.69, 9.17) is 13.9 Å². The van der Waals surface area contributed by atoms with Crippen LogP contribution in [-0.2, 0) is 18.7 Å². The first-order chi connectivity index (χ1) is 14.2. The number of aldehydes is 1. The molecule has 30 heavy (non-hydrogen) atoms. The van der Waals surface area contributed by atoms with Crippen molar-refractivity contribution in [2.75, 3.05) is 6.61 Å². The van der Waals surface area contributed by atoms with Crippen molar-refractivity contribution in [1.29, 1.82) is 0 Å². The van der Waals surface area contributed by atoms with E-state index >= 15 is 0 Å². The Morgan fingerprint density at radius 3 is 2.00 bits per heavy atom. The number of hydrogen-bond donors (Lipinski definition) is 0. The summed E-state index contributed by atoms with van der Waals surface area (Å²) in [5, 5.41) is 2.47. The van der Waals surface area contributed by atoms with Crippen molar-refractivity contribution >= 4 is 25.0 Å². The van der Waals surface area contributed by atoms with Crippen LogP contribution in [0.5, 0.6) is 0 Å². The van der Waals surface area contributed by atoms with Gasteiger partial charge < -0.3 is 18.7 Å². The van der Waals surface area contributed by atoms with Crippen molar-refractivity contribution in [3.8, 4) is 0 Å². The lowest BCUT2D eigenvalue weighted by atomic mass is 10.1. The summed E-state index contributed by atoms with van der Waals surface area (Å²) in [4.78, 5) is 11.3. The van der Waals surface area contributed by atoms with Gasteiger partial charge in [0.25, 0.3) is 8.32 Å². The van der Waals surface area contributed by atoms with Crippen LogP contribution in [0.1, 0.15) is 47.5 Å². The Bertz CT molecular complexity index is 775. The van der Waals surface area contributed by atoms with Crippen LogP contribution < -0.4 is 10.4 Å². The molecule has 0 unspecified atom stereocenters. The molecule has 2 atom stereocenters. The van der Waals surface area contributed by atoms with Gasteiger partial charge in [0.2, 0.25) is 0 Å². The molecule has 1 aliphatic heterocycles. The number of benzene rings is 2. The second-order valence-corrected chi connectivity index (χ2v) is 13.8. The molecule has 2 aromatic rings. The molecular formula is C25H34O4Si. The number of carbonyl (C=O) groups excluding carboxylic acids is 1. The number of hydrogen-bond acceptors (Lipinski definition) is 4. The Morgan fingerprint density at radius 2 is 1.53 bits per heavy atom. The maximum Gasteiger partial charge on any atom is 0.261 e. The van der Waals surface area contributed by atoms with Crippen LogP contribution in [0.3, 0.4) is 0 Å². The summed E-state index contributed by atoms with van der Waals surface area (Å²) in [7, 11) is -2.55. The van der Waals surface area contributed by atoms with Crippen LogP contribution in [0.4, 0.5) is 0 Å². The van der Waals surface area contributed by atoms with Crippen molar-refractivity contribution in [1.82, 2.24) is 0 Å². The summed E-state index contributed by atoms with van der Waals surface area (Å²) in [5.74, 6) is -0.758. The average molecular weight is 427 g/mol. The lowest BCUT2D eigenvalue weighted by Crippen LogP contribution is -2.66. The van der Waals surface area contributed by atoms with Crippen molar-refractivity contribution in [3.63, 3.8) is 0 Å². The molecule has 0 N–H and O–H groups in total. The van der Waals surface area contributed by atoms with Crippen LogP contribution in [-0.4, -0.2) is 39.2 Å². The van der Waals surface area contributed by atoms with E-state index in [9.17, 15) is 4.79 Å². The zero-order chi connectivity index (χ0) is 21.8. The minimum Gasteiger partial charge on any atom is -0.407 e. The summed E-state index contributed by atoms with van der Waals surface area (Å²) < 4.78 is 18.7. The van der Waals surface area contributed by atoms with E-state index in [0.717, 1.165) is 12.7 Å². The summed E-state index contributed by atoms with van der Waals surface area (Å²) in [6.45, 7) is 11.1. The molecule has 1 saturated heterocycles. The monoisotopic (exact) mass is 426 g/mol. The highest BCUT2D eigenvalue weighted by Crippen LogP contribution is 2.37. The Labute approximate surface area is 181 Å². The lowest BCUT2D eigenvalue weighted by molar-refractivity contribution is -0.292. The molecule has 4 nitrogen and oxygen atoms in total. The van der Waals surface area contributed by atoms with Crippen molar-refractivity contribution < 1.29 is 18.7 Å². The minimum absolute atomic E-state index is 0.0587. The lowest BCUT2D eigenvalue weighted by Gasteiger charge is -2.44. The predicted molar refractivity (Wildman–Crippen MR) is 123 cm³/mol. The Morgan fingerprint density at radius 1 is 1.00 bits per heavy atom. The third-order valence-electron chi connectivity index (χ3n) is 5.71. The van der Waals surface area contributed by atoms with E-state index in [1.165, 1.54) is 10.4 Å². The van der Waals surface area contributed by atoms with Gasteiger partial charge in [-0.25, -0.2) is 0 Å². The largest absolute Gasteiger partial charge is 0.407 e. The zero-order valence-corrected chi connectivity index (χ0v) is 19.8. The van der Waals surface area contributed by atoms with Crippen LogP contribution in [0, 0.1) is 0 Å². The van der Waals surface area contributed by atoms with Gasteiger partial charge in [-0.3, -0.25) is 0 Å². The predicted octanol–water partition coefficient (Wildman–Crippen LogP) is 4.06. The normalized spacial score (nSPS) is 21.9. The molecule has 3 rings (SSSR count). The molecule has 2 aromatic carbocycles.